The van der Waals surface area contributed by atoms with Crippen LogP contribution >= 0.6 is 11.6 Å². The van der Waals surface area contributed by atoms with Gasteiger partial charge in [-0.2, -0.15) is 0 Å². The molecule has 0 radical (unpaired) electrons. The van der Waals surface area contributed by atoms with Gasteiger partial charge in [-0.15, -0.1) is 0 Å². The maximum absolute atomic E-state index is 13.4. The molecule has 0 saturated carbocycles. The number of fused-ring (bicyclic) bond motifs is 1. The fourth-order valence-electron chi connectivity index (χ4n) is 4.51. The molecular formula is C26H39ClN2O6Si2. The summed E-state index contributed by atoms with van der Waals surface area (Å²) in [7, 11) is -2.78. The number of ether oxygens (including phenoxy) is 2. The zero-order chi connectivity index (χ0) is 27.5. The molecule has 3 rings (SSSR count). The summed E-state index contributed by atoms with van der Waals surface area (Å²) < 4.78 is 11.2. The van der Waals surface area contributed by atoms with E-state index in [1.807, 2.05) is 0 Å². The quantitative estimate of drug-likeness (QED) is 0.255. The predicted octanol–water partition coefficient (Wildman–Crippen LogP) is 4.36. The Kier molecular flexibility index (Phi) is 9.42. The van der Waals surface area contributed by atoms with Gasteiger partial charge in [0.1, 0.15) is 18.4 Å². The summed E-state index contributed by atoms with van der Waals surface area (Å²) in [6.07, 6.45) is 1.50. The second kappa shape index (κ2) is 11.8. The maximum Gasteiger partial charge on any atom is 0.325 e. The van der Waals surface area contributed by atoms with Crippen LogP contribution in [0.5, 0.6) is 0 Å². The summed E-state index contributed by atoms with van der Waals surface area (Å²) in [5.41, 5.74) is 1.33. The van der Waals surface area contributed by atoms with Crippen LogP contribution in [0.15, 0.2) is 12.1 Å². The number of hydrogen-bond acceptors (Lipinski definition) is 7. The number of nitrogens with one attached hydrogen (secondary N) is 1. The zero-order valence-electron chi connectivity index (χ0n) is 22.7. The Morgan fingerprint density at radius 2 is 1.62 bits per heavy atom. The van der Waals surface area contributed by atoms with Crippen LogP contribution < -0.4 is 5.32 Å². The van der Waals surface area contributed by atoms with E-state index in [1.165, 1.54) is 12.1 Å². The summed E-state index contributed by atoms with van der Waals surface area (Å²) in [6.45, 7) is 14.1. The van der Waals surface area contributed by atoms with Crippen LogP contribution in [0, 0.1) is 0 Å². The fraction of sp³-hybridized carbons (Fsp3) is 0.615. The lowest BCUT2D eigenvalue weighted by Gasteiger charge is -2.39. The molecule has 204 valence electrons. The molecule has 0 spiro atoms. The Balaban J connectivity index is 1.78. The van der Waals surface area contributed by atoms with Crippen molar-refractivity contribution in [2.75, 3.05) is 13.2 Å². The minimum Gasteiger partial charge on any atom is -0.465 e. The highest BCUT2D eigenvalue weighted by molar-refractivity contribution is 6.76. The summed E-state index contributed by atoms with van der Waals surface area (Å²) in [4.78, 5) is 52.4. The number of amides is 1. The van der Waals surface area contributed by atoms with Gasteiger partial charge >= 0.3 is 11.9 Å². The van der Waals surface area contributed by atoms with E-state index in [2.05, 4.69) is 44.6 Å². The van der Waals surface area contributed by atoms with Crippen molar-refractivity contribution >= 4 is 51.9 Å². The third kappa shape index (κ3) is 7.75. The average Bonchev–Trinajstić information content (AvgIpc) is 3.13. The van der Waals surface area contributed by atoms with Crippen molar-refractivity contribution in [2.45, 2.75) is 88.9 Å². The number of nitrogens with zero attached hydrogens (tertiary/aromatic N) is 1. The summed E-state index contributed by atoms with van der Waals surface area (Å²) in [5, 5.41) is 3.50. The highest BCUT2D eigenvalue weighted by Crippen LogP contribution is 2.34. The minimum atomic E-state index is -1.42. The third-order valence-electron chi connectivity index (χ3n) is 6.82. The van der Waals surface area contributed by atoms with Crippen molar-refractivity contribution in [1.82, 2.24) is 10.2 Å². The second-order valence-corrected chi connectivity index (χ2v) is 24.0. The number of carbonyl (C=O) groups excluding carboxylic acids is 4. The van der Waals surface area contributed by atoms with Gasteiger partial charge in [0.15, 0.2) is 0 Å². The number of piperidine rings is 1. The molecule has 11 heteroatoms. The molecule has 0 aliphatic carbocycles. The smallest absolute Gasteiger partial charge is 0.325 e. The molecule has 3 atom stereocenters. The lowest BCUT2D eigenvalue weighted by atomic mass is 9.92. The normalized spacial score (nSPS) is 22.0. The molecule has 1 amide bonds. The first-order chi connectivity index (χ1) is 17.2. The van der Waals surface area contributed by atoms with Gasteiger partial charge in [-0.3, -0.25) is 24.5 Å². The Bertz CT molecular complexity index is 1050. The monoisotopic (exact) mass is 566 g/mol. The molecule has 2 aliphatic heterocycles. The molecule has 0 bridgehead atoms. The van der Waals surface area contributed by atoms with Crippen molar-refractivity contribution in [3.05, 3.63) is 33.8 Å². The van der Waals surface area contributed by atoms with Gasteiger partial charge in [0.25, 0.3) is 5.91 Å². The van der Waals surface area contributed by atoms with Gasteiger partial charge in [-0.25, -0.2) is 0 Å². The first kappa shape index (κ1) is 29.5. The lowest BCUT2D eigenvalue weighted by Crippen LogP contribution is -2.62. The topological polar surface area (TPSA) is 102 Å². The lowest BCUT2D eigenvalue weighted by molar-refractivity contribution is -0.152. The zero-order valence-corrected chi connectivity index (χ0v) is 25.4. The van der Waals surface area contributed by atoms with Crippen LogP contribution in [0.3, 0.4) is 0 Å². The van der Waals surface area contributed by atoms with E-state index in [1.54, 1.807) is 4.90 Å². The van der Waals surface area contributed by atoms with Crippen LogP contribution in [-0.2, 0) is 25.6 Å². The van der Waals surface area contributed by atoms with Gasteiger partial charge in [0.2, 0.25) is 0 Å². The standard InChI is InChI=1S/C26H39ClN2O6Si2/c1-36(2,3)11-9-34-25(32)21-7-8-22(23(28-21)26(33)35-10-12-37(4,5)6)29-15-19-18(24(29)31)13-17(16-30)14-20(19)27/h13-14,16,21-23,28H,7-12,15H2,1-6H3. The molecular weight excluding hydrogens is 528 g/mol. The molecule has 1 aromatic carbocycles. The number of esters is 2. The summed E-state index contributed by atoms with van der Waals surface area (Å²) in [6, 6.07) is 2.69. The molecule has 2 aliphatic rings. The van der Waals surface area contributed by atoms with Crippen molar-refractivity contribution in [2.24, 2.45) is 0 Å². The molecule has 1 aromatic rings. The second-order valence-electron chi connectivity index (χ2n) is 12.4. The van der Waals surface area contributed by atoms with Crippen molar-refractivity contribution in [3.63, 3.8) is 0 Å². The van der Waals surface area contributed by atoms with E-state index >= 15 is 0 Å². The third-order valence-corrected chi connectivity index (χ3v) is 10.6. The molecule has 8 nitrogen and oxygen atoms in total. The van der Waals surface area contributed by atoms with E-state index in [9.17, 15) is 19.2 Å². The predicted molar refractivity (Wildman–Crippen MR) is 149 cm³/mol. The number of hydrogen-bond donors (Lipinski definition) is 1. The number of rotatable bonds is 10. The SMILES string of the molecule is C[Si](C)(C)CCOC(=O)C1CCC(N2Cc3c(Cl)cc(C=O)cc3C2=O)C(C(=O)OCC[Si](C)(C)C)N1. The Labute approximate surface area is 226 Å². The summed E-state index contributed by atoms with van der Waals surface area (Å²) >= 11 is 6.38. The Morgan fingerprint density at radius 3 is 2.19 bits per heavy atom. The van der Waals surface area contributed by atoms with Gasteiger partial charge in [0.05, 0.1) is 19.3 Å². The fourth-order valence-corrected chi connectivity index (χ4v) is 6.23. The van der Waals surface area contributed by atoms with E-state index in [-0.39, 0.29) is 18.4 Å². The largest absolute Gasteiger partial charge is 0.465 e. The maximum atomic E-state index is 13.4. The molecule has 2 heterocycles. The molecule has 3 unspecified atom stereocenters. The van der Waals surface area contributed by atoms with Crippen LogP contribution in [0.25, 0.3) is 0 Å². The molecule has 0 aromatic heterocycles. The van der Waals surface area contributed by atoms with Crippen LogP contribution in [0.1, 0.15) is 39.1 Å². The molecule has 1 fully saturated rings. The first-order valence-electron chi connectivity index (χ1n) is 12.9. The Hall–Kier alpha value is -2.02. The van der Waals surface area contributed by atoms with Crippen molar-refractivity contribution in [1.29, 1.82) is 0 Å². The van der Waals surface area contributed by atoms with Gasteiger partial charge in [-0.1, -0.05) is 50.9 Å². The van der Waals surface area contributed by atoms with Crippen molar-refractivity contribution in [3.8, 4) is 0 Å². The number of benzene rings is 1. The average molecular weight is 567 g/mol. The first-order valence-corrected chi connectivity index (χ1v) is 20.7. The highest BCUT2D eigenvalue weighted by atomic mass is 35.5. The van der Waals surface area contributed by atoms with E-state index in [4.69, 9.17) is 21.1 Å². The van der Waals surface area contributed by atoms with E-state index < -0.39 is 40.2 Å². The minimum absolute atomic E-state index is 0.225. The highest BCUT2D eigenvalue weighted by Gasteiger charge is 2.45. The molecule has 1 saturated heterocycles. The van der Waals surface area contributed by atoms with Crippen LogP contribution in [0.4, 0.5) is 0 Å². The molecule has 1 N–H and O–H groups in total. The number of halogens is 1. The van der Waals surface area contributed by atoms with Crippen LogP contribution in [-0.4, -0.2) is 76.5 Å². The van der Waals surface area contributed by atoms with Crippen molar-refractivity contribution < 1.29 is 28.7 Å². The van der Waals surface area contributed by atoms with Gasteiger partial charge < -0.3 is 14.4 Å². The van der Waals surface area contributed by atoms with Crippen LogP contribution in [0.2, 0.25) is 56.4 Å². The van der Waals surface area contributed by atoms with E-state index in [0.29, 0.717) is 54.1 Å². The summed E-state index contributed by atoms with van der Waals surface area (Å²) in [5.74, 6) is -1.15. The number of carbonyl (C=O) groups is 4. The van der Waals surface area contributed by atoms with Gasteiger partial charge in [0, 0.05) is 44.4 Å². The van der Waals surface area contributed by atoms with Gasteiger partial charge in [-0.05, 0) is 37.1 Å². The number of aldehydes is 1. The van der Waals surface area contributed by atoms with E-state index in [0.717, 1.165) is 12.1 Å². The molecule has 37 heavy (non-hydrogen) atoms. The Morgan fingerprint density at radius 1 is 1.03 bits per heavy atom.